The number of nitrogens with zero attached hydrogens (tertiary/aromatic N) is 1. The number of esters is 1. The van der Waals surface area contributed by atoms with Gasteiger partial charge in [-0.15, -0.1) is 11.3 Å². The van der Waals surface area contributed by atoms with Crippen LogP contribution < -0.4 is 5.32 Å². The van der Waals surface area contributed by atoms with Gasteiger partial charge in [0, 0.05) is 11.1 Å². The number of benzene rings is 1. The van der Waals surface area contributed by atoms with Crippen molar-refractivity contribution in [3.05, 3.63) is 52.8 Å². The topological polar surface area (TPSA) is 60.3 Å². The molecular weight excluding hydrogens is 343 g/mol. The number of aryl methyl sites for hydroxylation is 1. The van der Waals surface area contributed by atoms with Crippen molar-refractivity contribution in [2.75, 3.05) is 11.9 Å². The summed E-state index contributed by atoms with van der Waals surface area (Å²) in [5.41, 5.74) is 1.21. The lowest BCUT2D eigenvalue weighted by atomic mass is 10.2. The third kappa shape index (κ3) is 3.56. The molecule has 3 aromatic rings. The molecule has 0 saturated carbocycles. The lowest BCUT2D eigenvalue weighted by Gasteiger charge is -2.10. The largest absolute Gasteiger partial charge is 0.461 e. The molecule has 0 spiro atoms. The molecule has 7 heteroatoms. The van der Waals surface area contributed by atoms with Gasteiger partial charge in [-0.2, -0.15) is 0 Å². The van der Waals surface area contributed by atoms with E-state index in [1.54, 1.807) is 36.6 Å². The number of thiophene rings is 1. The molecule has 0 unspecified atom stereocenters. The summed E-state index contributed by atoms with van der Waals surface area (Å²) >= 11 is 1.44. The molecule has 5 nitrogen and oxygen atoms in total. The van der Waals surface area contributed by atoms with Crippen molar-refractivity contribution in [2.45, 2.75) is 20.4 Å². The third-order valence-electron chi connectivity index (χ3n) is 3.74. The number of carbonyl (C=O) groups excluding carboxylic acids is 2. The van der Waals surface area contributed by atoms with Gasteiger partial charge in [-0.3, -0.25) is 4.79 Å². The standard InChI is InChI=1S/C18H17FN2O3S/c1-3-24-18(23)15-8-12-6-7-25-17(12)21(15)10-16(22)20-13-5-4-11(2)14(19)9-13/h4-9H,3,10H2,1-2H3,(H,20,22). The fraction of sp³-hybridized carbons (Fsp3) is 0.222. The minimum atomic E-state index is -0.472. The normalized spacial score (nSPS) is 10.8. The van der Waals surface area contributed by atoms with Crippen molar-refractivity contribution in [1.82, 2.24) is 4.57 Å². The maximum absolute atomic E-state index is 13.6. The van der Waals surface area contributed by atoms with Crippen LogP contribution in [0.2, 0.25) is 0 Å². The van der Waals surface area contributed by atoms with Gasteiger partial charge in [0.25, 0.3) is 0 Å². The van der Waals surface area contributed by atoms with Crippen molar-refractivity contribution in [3.8, 4) is 0 Å². The van der Waals surface area contributed by atoms with Gasteiger partial charge < -0.3 is 14.6 Å². The summed E-state index contributed by atoms with van der Waals surface area (Å²) in [6, 6.07) is 8.10. The summed E-state index contributed by atoms with van der Waals surface area (Å²) < 4.78 is 20.3. The lowest BCUT2D eigenvalue weighted by molar-refractivity contribution is -0.116. The summed E-state index contributed by atoms with van der Waals surface area (Å²) in [6.07, 6.45) is 0. The van der Waals surface area contributed by atoms with Crippen molar-refractivity contribution < 1.29 is 18.7 Å². The number of halogens is 1. The van der Waals surface area contributed by atoms with Gasteiger partial charge in [0.1, 0.15) is 22.9 Å². The quantitative estimate of drug-likeness (QED) is 0.701. The van der Waals surface area contributed by atoms with Crippen molar-refractivity contribution in [1.29, 1.82) is 0 Å². The van der Waals surface area contributed by atoms with Crippen LogP contribution in [0.1, 0.15) is 23.0 Å². The highest BCUT2D eigenvalue weighted by atomic mass is 32.1. The smallest absolute Gasteiger partial charge is 0.355 e. The Bertz CT molecular complexity index is 945. The monoisotopic (exact) mass is 360 g/mol. The molecule has 0 saturated heterocycles. The maximum atomic E-state index is 13.6. The molecule has 0 fully saturated rings. The molecule has 130 valence electrons. The molecule has 0 aliphatic carbocycles. The molecular formula is C18H17FN2O3S. The number of rotatable bonds is 5. The second-order valence-electron chi connectivity index (χ2n) is 5.53. The Morgan fingerprint density at radius 2 is 2.08 bits per heavy atom. The maximum Gasteiger partial charge on any atom is 0.355 e. The SMILES string of the molecule is CCOC(=O)c1cc2ccsc2n1CC(=O)Nc1ccc(C)c(F)c1. The molecule has 2 heterocycles. The number of anilines is 1. The van der Waals surface area contributed by atoms with Crippen molar-refractivity contribution in [3.63, 3.8) is 0 Å². The molecule has 0 aliphatic rings. The number of nitrogens with one attached hydrogen (secondary N) is 1. The van der Waals surface area contributed by atoms with E-state index in [4.69, 9.17) is 4.74 Å². The predicted molar refractivity (Wildman–Crippen MR) is 95.5 cm³/mol. The Balaban J connectivity index is 1.84. The van der Waals surface area contributed by atoms with Gasteiger partial charge in [-0.1, -0.05) is 6.07 Å². The number of ether oxygens (including phenoxy) is 1. The molecule has 25 heavy (non-hydrogen) atoms. The highest BCUT2D eigenvalue weighted by Crippen LogP contribution is 2.26. The molecule has 0 bridgehead atoms. The highest BCUT2D eigenvalue weighted by molar-refractivity contribution is 7.16. The Hall–Kier alpha value is -2.67. The average Bonchev–Trinajstić information content (AvgIpc) is 3.14. The van der Waals surface area contributed by atoms with Gasteiger partial charge in [-0.05, 0) is 49.1 Å². The van der Waals surface area contributed by atoms with E-state index in [1.165, 1.54) is 17.4 Å². The Morgan fingerprint density at radius 1 is 1.28 bits per heavy atom. The number of aromatic nitrogens is 1. The number of carbonyl (C=O) groups is 2. The van der Waals surface area contributed by atoms with E-state index in [0.717, 1.165) is 10.2 Å². The second-order valence-corrected chi connectivity index (χ2v) is 6.42. The summed E-state index contributed by atoms with van der Waals surface area (Å²) in [4.78, 5) is 25.3. The minimum Gasteiger partial charge on any atom is -0.461 e. The van der Waals surface area contributed by atoms with E-state index in [9.17, 15) is 14.0 Å². The van der Waals surface area contributed by atoms with Crippen LogP contribution in [0.4, 0.5) is 10.1 Å². The van der Waals surface area contributed by atoms with Crippen LogP contribution in [0.15, 0.2) is 35.7 Å². The minimum absolute atomic E-state index is 0.0618. The highest BCUT2D eigenvalue weighted by Gasteiger charge is 2.19. The fourth-order valence-corrected chi connectivity index (χ4v) is 3.42. The van der Waals surface area contributed by atoms with Crippen LogP contribution in [0, 0.1) is 12.7 Å². The Kier molecular flexibility index (Phi) is 4.85. The van der Waals surface area contributed by atoms with Gasteiger partial charge >= 0.3 is 5.97 Å². The van der Waals surface area contributed by atoms with E-state index in [1.807, 2.05) is 11.4 Å². The Labute approximate surface area is 148 Å². The zero-order chi connectivity index (χ0) is 18.0. The van der Waals surface area contributed by atoms with Gasteiger partial charge in [0.15, 0.2) is 0 Å². The molecule has 0 atom stereocenters. The van der Waals surface area contributed by atoms with Crippen LogP contribution >= 0.6 is 11.3 Å². The number of fused-ring (bicyclic) bond motifs is 1. The zero-order valence-electron chi connectivity index (χ0n) is 13.8. The zero-order valence-corrected chi connectivity index (χ0v) is 14.7. The summed E-state index contributed by atoms with van der Waals surface area (Å²) in [5, 5.41) is 5.43. The van der Waals surface area contributed by atoms with Gasteiger partial charge in [0.05, 0.1) is 6.61 Å². The second kappa shape index (κ2) is 7.06. The van der Waals surface area contributed by atoms with E-state index < -0.39 is 5.97 Å². The molecule has 1 N–H and O–H groups in total. The lowest BCUT2D eigenvalue weighted by Crippen LogP contribution is -2.22. The molecule has 2 aromatic heterocycles. The van der Waals surface area contributed by atoms with E-state index >= 15 is 0 Å². The molecule has 1 amide bonds. The van der Waals surface area contributed by atoms with E-state index in [0.29, 0.717) is 16.9 Å². The van der Waals surface area contributed by atoms with Crippen LogP contribution in [-0.4, -0.2) is 23.1 Å². The first-order valence-electron chi connectivity index (χ1n) is 7.79. The van der Waals surface area contributed by atoms with Crippen LogP contribution in [-0.2, 0) is 16.1 Å². The molecule has 0 aliphatic heterocycles. The predicted octanol–water partition coefficient (Wildman–Crippen LogP) is 3.97. The van der Waals surface area contributed by atoms with Crippen molar-refractivity contribution >= 4 is 39.1 Å². The number of amides is 1. The first-order valence-corrected chi connectivity index (χ1v) is 8.67. The first kappa shape index (κ1) is 17.2. The van der Waals surface area contributed by atoms with Gasteiger partial charge in [0.2, 0.25) is 5.91 Å². The third-order valence-corrected chi connectivity index (χ3v) is 4.70. The molecule has 0 radical (unpaired) electrons. The summed E-state index contributed by atoms with van der Waals surface area (Å²) in [6.45, 7) is 3.58. The first-order chi connectivity index (χ1) is 12.0. The van der Waals surface area contributed by atoms with Crippen molar-refractivity contribution in [2.24, 2.45) is 0 Å². The summed E-state index contributed by atoms with van der Waals surface area (Å²) in [7, 11) is 0. The van der Waals surface area contributed by atoms with Crippen LogP contribution in [0.3, 0.4) is 0 Å². The Morgan fingerprint density at radius 3 is 2.80 bits per heavy atom. The summed E-state index contributed by atoms with van der Waals surface area (Å²) in [5.74, 6) is -1.20. The fourth-order valence-electron chi connectivity index (χ4n) is 2.52. The van der Waals surface area contributed by atoms with Crippen LogP contribution in [0.25, 0.3) is 10.2 Å². The number of hydrogen-bond donors (Lipinski definition) is 1. The van der Waals surface area contributed by atoms with E-state index in [-0.39, 0.29) is 24.9 Å². The molecule has 1 aromatic carbocycles. The van der Waals surface area contributed by atoms with E-state index in [2.05, 4.69) is 5.32 Å². The van der Waals surface area contributed by atoms with Gasteiger partial charge in [-0.25, -0.2) is 9.18 Å². The molecule has 3 rings (SSSR count). The van der Waals surface area contributed by atoms with Crippen LogP contribution in [0.5, 0.6) is 0 Å². The average molecular weight is 360 g/mol. The number of hydrogen-bond acceptors (Lipinski definition) is 4.